The molecule has 0 spiro atoms. The summed E-state index contributed by atoms with van der Waals surface area (Å²) in [7, 11) is 1.67. The number of fused-ring (bicyclic) bond motifs is 2. The van der Waals surface area contributed by atoms with Crippen molar-refractivity contribution in [1.82, 2.24) is 0 Å². The molecule has 0 radical (unpaired) electrons. The molecule has 0 aliphatic carbocycles. The number of nitrogens with zero attached hydrogens (tertiary/aromatic N) is 3. The molecule has 1 unspecified atom stereocenters. The highest BCUT2D eigenvalue weighted by Crippen LogP contribution is 2.44. The van der Waals surface area contributed by atoms with Gasteiger partial charge in [0, 0.05) is 31.8 Å². The molecular weight excluding hydrogens is 494 g/mol. The van der Waals surface area contributed by atoms with E-state index in [-0.39, 0.29) is 17.7 Å². The summed E-state index contributed by atoms with van der Waals surface area (Å²) in [5, 5.41) is 11.6. The molecular formula is C31H33N3O5. The second kappa shape index (κ2) is 9.85. The molecule has 2 aliphatic rings. The average molecular weight is 528 g/mol. The molecule has 0 fully saturated rings. The summed E-state index contributed by atoms with van der Waals surface area (Å²) in [5.41, 5.74) is 0.150. The minimum Gasteiger partial charge on any atom is -0.493 e. The van der Waals surface area contributed by atoms with Crippen LogP contribution in [-0.2, 0) is 20.0 Å². The number of anilines is 3. The van der Waals surface area contributed by atoms with E-state index in [9.17, 15) is 19.5 Å². The number of carbonyl (C=O) groups excluding carboxylic acids is 3. The lowest BCUT2D eigenvalue weighted by atomic mass is 9.88. The Morgan fingerprint density at radius 2 is 1.49 bits per heavy atom. The van der Waals surface area contributed by atoms with Gasteiger partial charge in [0.15, 0.2) is 5.60 Å². The number of hydrogen-bond donors (Lipinski definition) is 1. The van der Waals surface area contributed by atoms with Gasteiger partial charge >= 0.3 is 0 Å². The molecule has 3 aromatic carbocycles. The van der Waals surface area contributed by atoms with Crippen molar-refractivity contribution < 1.29 is 24.2 Å². The second-order valence-electron chi connectivity index (χ2n) is 10.4. The van der Waals surface area contributed by atoms with Gasteiger partial charge in [-0.1, -0.05) is 48.5 Å². The summed E-state index contributed by atoms with van der Waals surface area (Å²) in [6.45, 7) is 6.30. The molecule has 3 aromatic rings. The Morgan fingerprint density at radius 1 is 0.795 bits per heavy atom. The zero-order valence-corrected chi connectivity index (χ0v) is 22.7. The fraction of sp³-hybridized carbons (Fsp3) is 0.323. The third-order valence-corrected chi connectivity index (χ3v) is 7.66. The van der Waals surface area contributed by atoms with E-state index >= 15 is 0 Å². The van der Waals surface area contributed by atoms with Crippen molar-refractivity contribution in [3.05, 3.63) is 83.9 Å². The summed E-state index contributed by atoms with van der Waals surface area (Å²) in [4.78, 5) is 44.4. The lowest BCUT2D eigenvalue weighted by Gasteiger charge is -2.27. The van der Waals surface area contributed by atoms with Crippen LogP contribution in [0.1, 0.15) is 38.3 Å². The zero-order chi connectivity index (χ0) is 27.9. The van der Waals surface area contributed by atoms with Crippen molar-refractivity contribution in [3.63, 3.8) is 0 Å². The number of hydrogen-bond acceptors (Lipinski definition) is 5. The summed E-state index contributed by atoms with van der Waals surface area (Å²) in [6.07, 6.45) is 0.517. The van der Waals surface area contributed by atoms with Crippen molar-refractivity contribution in [3.8, 4) is 5.75 Å². The highest BCUT2D eigenvalue weighted by molar-refractivity contribution is 6.20. The van der Waals surface area contributed by atoms with Gasteiger partial charge in [0.2, 0.25) is 11.8 Å². The van der Waals surface area contributed by atoms with E-state index < -0.39 is 11.0 Å². The Hall–Kier alpha value is -4.17. The topological polar surface area (TPSA) is 90.4 Å². The van der Waals surface area contributed by atoms with Crippen LogP contribution >= 0.6 is 0 Å². The molecule has 0 saturated carbocycles. The molecule has 0 bridgehead atoms. The quantitative estimate of drug-likeness (QED) is 0.369. The maximum absolute atomic E-state index is 13.5. The van der Waals surface area contributed by atoms with Gasteiger partial charge in [-0.25, -0.2) is 0 Å². The van der Waals surface area contributed by atoms with Crippen LogP contribution in [0.5, 0.6) is 5.75 Å². The molecule has 8 heteroatoms. The van der Waals surface area contributed by atoms with Gasteiger partial charge in [0.05, 0.1) is 23.7 Å². The number of benzene rings is 3. The number of ether oxygens (including phenoxy) is 1. The van der Waals surface area contributed by atoms with Crippen LogP contribution in [0.2, 0.25) is 0 Å². The van der Waals surface area contributed by atoms with E-state index in [1.807, 2.05) is 43.3 Å². The Labute approximate surface area is 228 Å². The first-order chi connectivity index (χ1) is 18.6. The predicted octanol–water partition coefficient (Wildman–Crippen LogP) is 4.09. The largest absolute Gasteiger partial charge is 0.493 e. The van der Waals surface area contributed by atoms with Crippen molar-refractivity contribution >= 4 is 34.8 Å². The Balaban J connectivity index is 1.31. The smallest absolute Gasteiger partial charge is 0.268 e. The first-order valence-corrected chi connectivity index (χ1v) is 13.2. The molecule has 1 atom stereocenters. The Kier molecular flexibility index (Phi) is 6.68. The van der Waals surface area contributed by atoms with Crippen LogP contribution < -0.4 is 19.4 Å². The van der Waals surface area contributed by atoms with Crippen molar-refractivity contribution in [2.45, 2.75) is 32.8 Å². The van der Waals surface area contributed by atoms with Crippen LogP contribution in [0.25, 0.3) is 0 Å². The van der Waals surface area contributed by atoms with Crippen LogP contribution in [-0.4, -0.2) is 49.6 Å². The highest BCUT2D eigenvalue weighted by atomic mass is 16.5. The van der Waals surface area contributed by atoms with Crippen LogP contribution in [0, 0.1) is 5.41 Å². The monoisotopic (exact) mass is 527 g/mol. The van der Waals surface area contributed by atoms with E-state index in [2.05, 4.69) is 0 Å². The number of aliphatic hydroxyl groups is 1. The van der Waals surface area contributed by atoms with Crippen molar-refractivity contribution in [2.24, 2.45) is 5.41 Å². The van der Waals surface area contributed by atoms with Gasteiger partial charge in [-0.15, -0.1) is 0 Å². The van der Waals surface area contributed by atoms with E-state index in [0.29, 0.717) is 60.1 Å². The Morgan fingerprint density at radius 3 is 2.21 bits per heavy atom. The molecule has 39 heavy (non-hydrogen) atoms. The molecule has 3 amide bonds. The minimum absolute atomic E-state index is 0.236. The van der Waals surface area contributed by atoms with E-state index in [1.165, 1.54) is 4.90 Å². The van der Waals surface area contributed by atoms with Crippen molar-refractivity contribution in [1.29, 1.82) is 0 Å². The number of rotatable bonds is 7. The molecule has 1 N–H and O–H groups in total. The Bertz CT molecular complexity index is 1440. The molecule has 0 aromatic heterocycles. The summed E-state index contributed by atoms with van der Waals surface area (Å²) >= 11 is 0. The SMILES string of the molecule is CCN1C(=O)C(C)(C)C(=O)N(C)c2cc(OCCCN3C(=O)C(O)(c4ccccc4)c4ccccc43)ccc21. The summed E-state index contributed by atoms with van der Waals surface area (Å²) < 4.78 is 6.02. The molecule has 202 valence electrons. The molecule has 5 rings (SSSR count). The van der Waals surface area contributed by atoms with Gasteiger partial charge in [0.25, 0.3) is 5.91 Å². The second-order valence-corrected chi connectivity index (χ2v) is 10.4. The van der Waals surface area contributed by atoms with Crippen LogP contribution in [0.15, 0.2) is 72.8 Å². The predicted molar refractivity (Wildman–Crippen MR) is 150 cm³/mol. The standard InChI is InChI=1S/C31H33N3O5/c1-5-33-25-17-16-22(20-26(25)32(4)27(35)30(2,3)28(33)36)39-19-11-18-34-24-15-10-9-14-23(24)31(38,29(34)37)21-12-7-6-8-13-21/h6-10,12-17,20,38H,5,11,18-19H2,1-4H3. The number of carbonyl (C=O) groups is 3. The van der Waals surface area contributed by atoms with Gasteiger partial charge in [-0.3, -0.25) is 14.4 Å². The maximum atomic E-state index is 13.5. The van der Waals surface area contributed by atoms with Crippen molar-refractivity contribution in [2.75, 3.05) is 41.4 Å². The van der Waals surface area contributed by atoms with Gasteiger partial charge in [-0.2, -0.15) is 0 Å². The molecule has 0 saturated heterocycles. The molecule has 2 heterocycles. The average Bonchev–Trinajstić information content (AvgIpc) is 3.15. The normalized spacial score (nSPS) is 20.1. The van der Waals surface area contributed by atoms with E-state index in [1.54, 1.807) is 67.1 Å². The highest BCUT2D eigenvalue weighted by Gasteiger charge is 2.50. The fourth-order valence-electron chi connectivity index (χ4n) is 5.50. The van der Waals surface area contributed by atoms with Gasteiger partial charge in [0.1, 0.15) is 11.2 Å². The summed E-state index contributed by atoms with van der Waals surface area (Å²) in [5.74, 6) is -0.336. The van der Waals surface area contributed by atoms with E-state index in [4.69, 9.17) is 4.74 Å². The van der Waals surface area contributed by atoms with Gasteiger partial charge in [-0.05, 0) is 51.0 Å². The third-order valence-electron chi connectivity index (χ3n) is 7.66. The van der Waals surface area contributed by atoms with Gasteiger partial charge < -0.3 is 24.5 Å². The first kappa shape index (κ1) is 26.4. The lowest BCUT2D eigenvalue weighted by Crippen LogP contribution is -2.47. The molecule has 8 nitrogen and oxygen atoms in total. The summed E-state index contributed by atoms with van der Waals surface area (Å²) in [6, 6.07) is 21.7. The van der Waals surface area contributed by atoms with Crippen LogP contribution in [0.3, 0.4) is 0 Å². The lowest BCUT2D eigenvalue weighted by molar-refractivity contribution is -0.137. The first-order valence-electron chi connectivity index (χ1n) is 13.2. The fourth-order valence-corrected chi connectivity index (χ4v) is 5.50. The van der Waals surface area contributed by atoms with Crippen LogP contribution in [0.4, 0.5) is 17.1 Å². The molecule has 2 aliphatic heterocycles. The van der Waals surface area contributed by atoms with E-state index in [0.717, 1.165) is 0 Å². The third kappa shape index (κ3) is 4.15. The number of para-hydroxylation sites is 1. The maximum Gasteiger partial charge on any atom is 0.268 e. The zero-order valence-electron chi connectivity index (χ0n) is 22.7. The number of amides is 3. The minimum atomic E-state index is -1.73.